The summed E-state index contributed by atoms with van der Waals surface area (Å²) in [4.78, 5) is 28.8. The minimum atomic E-state index is -0.732. The Morgan fingerprint density at radius 3 is 2.67 bits per heavy atom. The maximum atomic E-state index is 13.6. The second-order valence-corrected chi connectivity index (χ2v) is 10.3. The van der Waals surface area contributed by atoms with E-state index in [-0.39, 0.29) is 24.3 Å². The van der Waals surface area contributed by atoms with E-state index in [0.29, 0.717) is 12.3 Å². The largest absolute Gasteiger partial charge is 0.481 e. The molecule has 196 valence electrons. The molecule has 2 saturated heterocycles. The van der Waals surface area contributed by atoms with Crippen LogP contribution >= 0.6 is 0 Å². The molecule has 0 radical (unpaired) electrons. The first-order chi connectivity index (χ1) is 17.4. The Labute approximate surface area is 213 Å². The van der Waals surface area contributed by atoms with E-state index in [1.54, 1.807) is 0 Å². The molecule has 1 amide bonds. The number of benzene rings is 1. The molecule has 0 unspecified atom stereocenters. The Bertz CT molecular complexity index is 1090. The molecule has 0 bridgehead atoms. The fourth-order valence-electron chi connectivity index (χ4n) is 6.13. The molecule has 2 aliphatic heterocycles. The van der Waals surface area contributed by atoms with E-state index in [1.165, 1.54) is 11.1 Å². The van der Waals surface area contributed by atoms with Crippen LogP contribution in [0.3, 0.4) is 0 Å². The Kier molecular flexibility index (Phi) is 8.67. The number of amidine groups is 1. The lowest BCUT2D eigenvalue weighted by molar-refractivity contribution is -0.137. The number of carboxylic acid groups (broad SMARTS) is 1. The molecule has 1 aromatic heterocycles. The number of carbonyl (C=O) groups is 2. The van der Waals surface area contributed by atoms with E-state index in [0.717, 1.165) is 88.6 Å². The average Bonchev–Trinajstić information content (AvgIpc) is 3.59. The van der Waals surface area contributed by atoms with Gasteiger partial charge >= 0.3 is 5.97 Å². The highest BCUT2D eigenvalue weighted by atomic mass is 16.4. The number of aliphatic carboxylic acids is 1. The molecule has 36 heavy (non-hydrogen) atoms. The van der Waals surface area contributed by atoms with E-state index in [2.05, 4.69) is 27.4 Å². The highest BCUT2D eigenvalue weighted by Gasteiger charge is 2.37. The van der Waals surface area contributed by atoms with Crippen molar-refractivity contribution in [3.63, 3.8) is 0 Å². The first kappa shape index (κ1) is 26.2. The predicted molar refractivity (Wildman–Crippen MR) is 142 cm³/mol. The molecule has 1 aromatic carbocycles. The minimum Gasteiger partial charge on any atom is -0.481 e. The second kappa shape index (κ2) is 11.9. The first-order valence-electron chi connectivity index (χ1n) is 13.6. The third-order valence-corrected chi connectivity index (χ3v) is 8.00. The zero-order valence-corrected chi connectivity index (χ0v) is 21.5. The van der Waals surface area contributed by atoms with Crippen molar-refractivity contribution in [3.05, 3.63) is 35.5 Å². The molecule has 0 saturated carbocycles. The number of carbonyl (C=O) groups excluding carboxylic acids is 1. The minimum absolute atomic E-state index is 0.0165. The van der Waals surface area contributed by atoms with Crippen molar-refractivity contribution >= 4 is 28.6 Å². The lowest BCUT2D eigenvalue weighted by Gasteiger charge is -2.31. The van der Waals surface area contributed by atoms with Crippen LogP contribution in [0.1, 0.15) is 76.0 Å². The van der Waals surface area contributed by atoms with E-state index in [1.807, 2.05) is 18.2 Å². The molecule has 2 aromatic rings. The van der Waals surface area contributed by atoms with Crippen LogP contribution in [0.25, 0.3) is 10.9 Å². The van der Waals surface area contributed by atoms with E-state index < -0.39 is 5.97 Å². The van der Waals surface area contributed by atoms with Gasteiger partial charge in [0, 0.05) is 42.3 Å². The average molecular weight is 496 g/mol. The van der Waals surface area contributed by atoms with Crippen LogP contribution in [0, 0.1) is 5.41 Å². The van der Waals surface area contributed by atoms with Crippen molar-refractivity contribution < 1.29 is 14.7 Å². The number of amides is 1. The Morgan fingerprint density at radius 1 is 1.11 bits per heavy atom. The van der Waals surface area contributed by atoms with Crippen molar-refractivity contribution in [3.8, 4) is 0 Å². The highest BCUT2D eigenvalue weighted by Crippen LogP contribution is 2.29. The third-order valence-electron chi connectivity index (χ3n) is 8.00. The highest BCUT2D eigenvalue weighted by molar-refractivity contribution is 5.98. The Hall–Kier alpha value is -2.87. The number of carboxylic acids is 1. The molecule has 2 atom stereocenters. The number of fused-ring (bicyclic) bond motifs is 1. The number of aryl methyl sites for hydroxylation is 2. The van der Waals surface area contributed by atoms with Crippen molar-refractivity contribution in [1.29, 1.82) is 5.41 Å². The summed E-state index contributed by atoms with van der Waals surface area (Å²) in [5.74, 6) is -0.351. The number of hydrogen-bond donors (Lipinski definition) is 3. The smallest absolute Gasteiger partial charge is 0.303 e. The van der Waals surface area contributed by atoms with Crippen molar-refractivity contribution in [1.82, 2.24) is 14.4 Å². The van der Waals surface area contributed by atoms with Gasteiger partial charge in [0.15, 0.2) is 0 Å². The number of nitrogens with two attached hydrogens (primary N) is 1. The topological polar surface area (TPSA) is 116 Å². The van der Waals surface area contributed by atoms with Crippen LogP contribution in [0.5, 0.6) is 0 Å². The Balaban J connectivity index is 1.36. The zero-order chi connectivity index (χ0) is 25.7. The predicted octanol–water partition coefficient (Wildman–Crippen LogP) is 3.98. The maximum absolute atomic E-state index is 13.6. The van der Waals surface area contributed by atoms with Gasteiger partial charge in [-0.05, 0) is 88.9 Å². The molecular weight excluding hydrogens is 454 g/mol. The van der Waals surface area contributed by atoms with Crippen LogP contribution in [0.4, 0.5) is 0 Å². The molecule has 3 heterocycles. The molecule has 2 fully saturated rings. The number of nitrogens with one attached hydrogen (secondary N) is 1. The standard InChI is InChI=1S/C28H41N5O3/c1-2-32-23(18-20-11-12-21(27(29)30)19-25(20)32)14-13-22-8-6-17-33(22)28(36)24-9-7-16-31(24)15-5-3-4-10-26(34)35/h11-12,18-19,22,24H,2-10,13-17H2,1H3,(H3,29,30)(H,34,35)/t22-,24+/m0/s1. The molecule has 0 aliphatic carbocycles. The number of unbranched alkanes of at least 4 members (excludes halogenated alkanes) is 2. The van der Waals surface area contributed by atoms with Gasteiger partial charge in [-0.2, -0.15) is 0 Å². The van der Waals surface area contributed by atoms with Crippen molar-refractivity contribution in [2.75, 3.05) is 19.6 Å². The molecule has 4 N–H and O–H groups in total. The summed E-state index contributed by atoms with van der Waals surface area (Å²) in [6.07, 6.45) is 8.79. The van der Waals surface area contributed by atoms with E-state index >= 15 is 0 Å². The van der Waals surface area contributed by atoms with Gasteiger partial charge in [-0.25, -0.2) is 0 Å². The zero-order valence-electron chi connectivity index (χ0n) is 21.5. The van der Waals surface area contributed by atoms with Gasteiger partial charge in [0.25, 0.3) is 0 Å². The third kappa shape index (κ3) is 5.91. The molecular formula is C28H41N5O3. The lowest BCUT2D eigenvalue weighted by Crippen LogP contribution is -2.47. The maximum Gasteiger partial charge on any atom is 0.303 e. The van der Waals surface area contributed by atoms with Crippen LogP contribution in [-0.4, -0.2) is 68.9 Å². The lowest BCUT2D eigenvalue weighted by atomic mass is 10.1. The van der Waals surface area contributed by atoms with Crippen LogP contribution in [0.2, 0.25) is 0 Å². The SMILES string of the molecule is CCn1c(CC[C@@H]2CCCN2C(=O)[C@H]2CCCN2CCCCCC(=O)O)cc2ccc(C(=N)N)cc21. The van der Waals surface area contributed by atoms with Gasteiger partial charge < -0.3 is 20.3 Å². The van der Waals surface area contributed by atoms with Gasteiger partial charge in [0.1, 0.15) is 5.84 Å². The van der Waals surface area contributed by atoms with E-state index in [4.69, 9.17) is 16.2 Å². The van der Waals surface area contributed by atoms with Crippen LogP contribution in [-0.2, 0) is 22.6 Å². The fourth-order valence-corrected chi connectivity index (χ4v) is 6.13. The summed E-state index contributed by atoms with van der Waals surface area (Å²) >= 11 is 0. The summed E-state index contributed by atoms with van der Waals surface area (Å²) in [7, 11) is 0. The van der Waals surface area contributed by atoms with Gasteiger partial charge in [-0.1, -0.05) is 18.6 Å². The quantitative estimate of drug-likeness (QED) is 0.234. The van der Waals surface area contributed by atoms with Crippen LogP contribution in [0.15, 0.2) is 24.3 Å². The normalized spacial score (nSPS) is 20.4. The first-order valence-corrected chi connectivity index (χ1v) is 13.6. The summed E-state index contributed by atoms with van der Waals surface area (Å²) in [5.41, 5.74) is 8.85. The second-order valence-electron chi connectivity index (χ2n) is 10.3. The molecule has 0 spiro atoms. The van der Waals surface area contributed by atoms with Gasteiger partial charge in [-0.15, -0.1) is 0 Å². The van der Waals surface area contributed by atoms with Gasteiger partial charge in [0.2, 0.25) is 5.91 Å². The molecule has 2 aliphatic rings. The number of nitrogen functional groups attached to an aromatic ring is 1. The van der Waals surface area contributed by atoms with Crippen LogP contribution < -0.4 is 5.73 Å². The van der Waals surface area contributed by atoms with E-state index in [9.17, 15) is 9.59 Å². The molecule has 4 rings (SSSR count). The number of hydrogen-bond acceptors (Lipinski definition) is 4. The molecule has 8 nitrogen and oxygen atoms in total. The number of nitrogens with zero attached hydrogens (tertiary/aromatic N) is 3. The van der Waals surface area contributed by atoms with Gasteiger partial charge in [-0.3, -0.25) is 19.9 Å². The summed E-state index contributed by atoms with van der Waals surface area (Å²) < 4.78 is 2.31. The number of likely N-dealkylation sites (tertiary alicyclic amines) is 2. The molecule has 8 heteroatoms. The summed E-state index contributed by atoms with van der Waals surface area (Å²) in [6, 6.07) is 8.47. The summed E-state index contributed by atoms with van der Waals surface area (Å²) in [5, 5.41) is 17.8. The summed E-state index contributed by atoms with van der Waals surface area (Å²) in [6.45, 7) is 5.70. The number of aromatic nitrogens is 1. The Morgan fingerprint density at radius 2 is 1.92 bits per heavy atom. The van der Waals surface area contributed by atoms with Crippen molar-refractivity contribution in [2.45, 2.75) is 89.8 Å². The number of rotatable bonds is 12. The monoisotopic (exact) mass is 495 g/mol. The van der Waals surface area contributed by atoms with Crippen molar-refractivity contribution in [2.24, 2.45) is 5.73 Å². The fraction of sp³-hybridized carbons (Fsp3) is 0.607. The van der Waals surface area contributed by atoms with Gasteiger partial charge in [0.05, 0.1) is 6.04 Å².